The summed E-state index contributed by atoms with van der Waals surface area (Å²) in [5, 5.41) is 10.9. The SMILES string of the molecule is CCn1cnnc1CNc1cncc(N)n1. The van der Waals surface area contributed by atoms with E-state index in [1.165, 1.54) is 6.20 Å². The molecule has 3 N–H and O–H groups in total. The van der Waals surface area contributed by atoms with Crippen molar-refractivity contribution in [1.29, 1.82) is 0 Å². The fraction of sp³-hybridized carbons (Fsp3) is 0.333. The first kappa shape index (κ1) is 10.3. The Morgan fingerprint density at radius 3 is 3.06 bits per heavy atom. The lowest BCUT2D eigenvalue weighted by Gasteiger charge is -2.05. The highest BCUT2D eigenvalue weighted by Crippen LogP contribution is 2.05. The van der Waals surface area contributed by atoms with Gasteiger partial charge in [-0.1, -0.05) is 0 Å². The van der Waals surface area contributed by atoms with Crippen molar-refractivity contribution in [2.45, 2.75) is 20.0 Å². The van der Waals surface area contributed by atoms with E-state index < -0.39 is 0 Å². The third-order valence-electron chi connectivity index (χ3n) is 2.12. The second-order valence-corrected chi connectivity index (χ2v) is 3.22. The number of aromatic nitrogens is 5. The van der Waals surface area contributed by atoms with Gasteiger partial charge in [0.1, 0.15) is 18.0 Å². The van der Waals surface area contributed by atoms with Crippen LogP contribution in [0.5, 0.6) is 0 Å². The first-order chi connectivity index (χ1) is 7.79. The molecule has 7 heteroatoms. The van der Waals surface area contributed by atoms with Crippen molar-refractivity contribution in [2.75, 3.05) is 11.1 Å². The Balaban J connectivity index is 2.02. The van der Waals surface area contributed by atoms with Crippen molar-refractivity contribution in [2.24, 2.45) is 0 Å². The number of nitrogens with one attached hydrogen (secondary N) is 1. The van der Waals surface area contributed by atoms with Crippen LogP contribution < -0.4 is 11.1 Å². The normalized spacial score (nSPS) is 10.3. The molecule has 0 aliphatic heterocycles. The van der Waals surface area contributed by atoms with E-state index in [0.29, 0.717) is 18.2 Å². The number of nitrogens with zero attached hydrogens (tertiary/aromatic N) is 5. The fourth-order valence-electron chi connectivity index (χ4n) is 1.32. The quantitative estimate of drug-likeness (QED) is 0.767. The average Bonchev–Trinajstić information content (AvgIpc) is 2.74. The van der Waals surface area contributed by atoms with Crippen LogP contribution in [-0.4, -0.2) is 24.7 Å². The first-order valence-electron chi connectivity index (χ1n) is 4.97. The lowest BCUT2D eigenvalue weighted by Crippen LogP contribution is -2.09. The van der Waals surface area contributed by atoms with Crippen LogP contribution in [0.4, 0.5) is 11.6 Å². The predicted molar refractivity (Wildman–Crippen MR) is 59.5 cm³/mol. The van der Waals surface area contributed by atoms with Gasteiger partial charge in [-0.3, -0.25) is 4.98 Å². The lowest BCUT2D eigenvalue weighted by molar-refractivity contribution is 0.707. The summed E-state index contributed by atoms with van der Waals surface area (Å²) >= 11 is 0. The van der Waals surface area contributed by atoms with Crippen molar-refractivity contribution >= 4 is 11.6 Å². The van der Waals surface area contributed by atoms with Crippen LogP contribution in [0.15, 0.2) is 18.7 Å². The van der Waals surface area contributed by atoms with Gasteiger partial charge in [-0.15, -0.1) is 10.2 Å². The molecule has 2 aromatic rings. The van der Waals surface area contributed by atoms with Crippen molar-refractivity contribution < 1.29 is 0 Å². The molecule has 0 aromatic carbocycles. The molecule has 0 fully saturated rings. The summed E-state index contributed by atoms with van der Waals surface area (Å²) in [5.41, 5.74) is 5.52. The Morgan fingerprint density at radius 1 is 1.44 bits per heavy atom. The molecule has 0 atom stereocenters. The molecule has 0 bridgehead atoms. The largest absolute Gasteiger partial charge is 0.382 e. The van der Waals surface area contributed by atoms with E-state index in [-0.39, 0.29) is 0 Å². The van der Waals surface area contributed by atoms with E-state index in [2.05, 4.69) is 25.5 Å². The van der Waals surface area contributed by atoms with Gasteiger partial charge in [0.05, 0.1) is 18.9 Å². The Labute approximate surface area is 92.7 Å². The Morgan fingerprint density at radius 2 is 2.31 bits per heavy atom. The van der Waals surface area contributed by atoms with Gasteiger partial charge in [0.25, 0.3) is 0 Å². The highest BCUT2D eigenvalue weighted by atomic mass is 15.3. The average molecular weight is 219 g/mol. The number of hydrogen-bond acceptors (Lipinski definition) is 6. The smallest absolute Gasteiger partial charge is 0.152 e. The van der Waals surface area contributed by atoms with Crippen molar-refractivity contribution in [3.05, 3.63) is 24.5 Å². The van der Waals surface area contributed by atoms with Crippen molar-refractivity contribution in [3.8, 4) is 0 Å². The molecular formula is C9H13N7. The summed E-state index contributed by atoms with van der Waals surface area (Å²) in [6.07, 6.45) is 4.81. The van der Waals surface area contributed by atoms with Crippen LogP contribution >= 0.6 is 0 Å². The number of hydrogen-bond donors (Lipinski definition) is 2. The van der Waals surface area contributed by atoms with Gasteiger partial charge in [0, 0.05) is 6.54 Å². The number of nitrogens with two attached hydrogens (primary N) is 1. The van der Waals surface area contributed by atoms with Crippen LogP contribution in [0.25, 0.3) is 0 Å². The summed E-state index contributed by atoms with van der Waals surface area (Å²) in [7, 11) is 0. The van der Waals surface area contributed by atoms with Crippen LogP contribution in [0.1, 0.15) is 12.7 Å². The van der Waals surface area contributed by atoms with Crippen LogP contribution in [0.3, 0.4) is 0 Å². The Hall–Kier alpha value is -2.18. The van der Waals surface area contributed by atoms with E-state index in [1.807, 2.05) is 11.5 Å². The van der Waals surface area contributed by atoms with E-state index >= 15 is 0 Å². The zero-order chi connectivity index (χ0) is 11.4. The van der Waals surface area contributed by atoms with Crippen molar-refractivity contribution in [3.63, 3.8) is 0 Å². The molecule has 16 heavy (non-hydrogen) atoms. The monoisotopic (exact) mass is 219 g/mol. The molecule has 0 spiro atoms. The number of nitrogen functional groups attached to an aromatic ring is 1. The molecule has 7 nitrogen and oxygen atoms in total. The molecule has 0 aliphatic carbocycles. The third kappa shape index (κ3) is 2.25. The maximum Gasteiger partial charge on any atom is 0.152 e. The van der Waals surface area contributed by atoms with Gasteiger partial charge in [-0.05, 0) is 6.92 Å². The minimum absolute atomic E-state index is 0.391. The summed E-state index contributed by atoms with van der Waals surface area (Å²) in [4.78, 5) is 8.01. The van der Waals surface area contributed by atoms with E-state index in [0.717, 1.165) is 12.4 Å². The standard InChI is InChI=1S/C9H13N7/c1-2-16-6-13-15-9(16)5-12-8-4-11-3-7(10)14-8/h3-4,6H,2,5H2,1H3,(H3,10,12,14). The fourth-order valence-corrected chi connectivity index (χ4v) is 1.32. The second kappa shape index (κ2) is 4.56. The summed E-state index contributed by atoms with van der Waals surface area (Å²) in [6.45, 7) is 3.42. The maximum absolute atomic E-state index is 5.52. The zero-order valence-corrected chi connectivity index (χ0v) is 8.96. The third-order valence-corrected chi connectivity index (χ3v) is 2.12. The molecule has 0 aliphatic rings. The summed E-state index contributed by atoms with van der Waals surface area (Å²) < 4.78 is 1.95. The number of anilines is 2. The minimum Gasteiger partial charge on any atom is -0.382 e. The predicted octanol–water partition coefficient (Wildman–Crippen LogP) is 0.282. The number of aryl methyl sites for hydroxylation is 1. The van der Waals surface area contributed by atoms with Crippen LogP contribution in [-0.2, 0) is 13.1 Å². The Kier molecular flexibility index (Phi) is 2.95. The lowest BCUT2D eigenvalue weighted by atomic mass is 10.5. The number of rotatable bonds is 4. The van der Waals surface area contributed by atoms with Crippen LogP contribution in [0, 0.1) is 0 Å². The topological polar surface area (TPSA) is 94.5 Å². The zero-order valence-electron chi connectivity index (χ0n) is 8.96. The summed E-state index contributed by atoms with van der Waals surface area (Å²) in [6, 6.07) is 0. The van der Waals surface area contributed by atoms with Gasteiger partial charge in [-0.25, -0.2) is 4.98 Å². The molecule has 0 unspecified atom stereocenters. The molecule has 0 saturated carbocycles. The van der Waals surface area contributed by atoms with E-state index in [1.54, 1.807) is 12.5 Å². The molecule has 2 rings (SSSR count). The van der Waals surface area contributed by atoms with Gasteiger partial charge >= 0.3 is 0 Å². The maximum atomic E-state index is 5.52. The molecule has 0 saturated heterocycles. The van der Waals surface area contributed by atoms with Gasteiger partial charge < -0.3 is 15.6 Å². The van der Waals surface area contributed by atoms with Crippen LogP contribution in [0.2, 0.25) is 0 Å². The molecule has 2 heterocycles. The van der Waals surface area contributed by atoms with Gasteiger partial charge in [0.2, 0.25) is 0 Å². The molecule has 2 aromatic heterocycles. The van der Waals surface area contributed by atoms with E-state index in [4.69, 9.17) is 5.73 Å². The minimum atomic E-state index is 0.391. The van der Waals surface area contributed by atoms with Gasteiger partial charge in [-0.2, -0.15) is 0 Å². The molecule has 84 valence electrons. The van der Waals surface area contributed by atoms with E-state index in [9.17, 15) is 0 Å². The molecular weight excluding hydrogens is 206 g/mol. The summed E-state index contributed by atoms with van der Waals surface area (Å²) in [5.74, 6) is 1.87. The highest BCUT2D eigenvalue weighted by Gasteiger charge is 2.02. The van der Waals surface area contributed by atoms with Crippen molar-refractivity contribution in [1.82, 2.24) is 24.7 Å². The first-order valence-corrected chi connectivity index (χ1v) is 4.97. The highest BCUT2D eigenvalue weighted by molar-refractivity contribution is 5.38. The molecule has 0 amide bonds. The van der Waals surface area contributed by atoms with Gasteiger partial charge in [0.15, 0.2) is 5.82 Å². The Bertz CT molecular complexity index is 464. The second-order valence-electron chi connectivity index (χ2n) is 3.22. The molecule has 0 radical (unpaired) electrons.